The minimum atomic E-state index is -0.989. The Morgan fingerprint density at radius 1 is 1.32 bits per heavy atom. The molecule has 2 rings (SSSR count). The van der Waals surface area contributed by atoms with E-state index in [9.17, 15) is 4.79 Å². The average molecular weight is 298 g/mol. The molecule has 0 radical (unpaired) electrons. The summed E-state index contributed by atoms with van der Waals surface area (Å²) in [6.45, 7) is 1.74. The Bertz CT molecular complexity index is 644. The summed E-state index contributed by atoms with van der Waals surface area (Å²) in [5.74, 6) is -0.281. The van der Waals surface area contributed by atoms with E-state index in [1.165, 1.54) is 24.4 Å². The predicted molar refractivity (Wildman–Crippen MR) is 72.5 cm³/mol. The van der Waals surface area contributed by atoms with Gasteiger partial charge in [0.1, 0.15) is 10.8 Å². The Kier molecular flexibility index (Phi) is 3.93. The van der Waals surface area contributed by atoms with Gasteiger partial charge in [-0.1, -0.05) is 23.2 Å². The number of hydrogen-bond acceptors (Lipinski definition) is 3. The molecule has 0 unspecified atom stereocenters. The van der Waals surface area contributed by atoms with Crippen molar-refractivity contribution >= 4 is 29.2 Å². The molecule has 0 amide bonds. The van der Waals surface area contributed by atoms with Crippen LogP contribution in [0.3, 0.4) is 0 Å². The fraction of sp³-hybridized carbons (Fsp3) is 0.0769. The monoisotopic (exact) mass is 297 g/mol. The van der Waals surface area contributed by atoms with Crippen LogP contribution in [0.1, 0.15) is 15.9 Å². The average Bonchev–Trinajstić information content (AvgIpc) is 2.34. The predicted octanol–water partition coefficient (Wildman–Crippen LogP) is 4.19. The van der Waals surface area contributed by atoms with E-state index in [0.29, 0.717) is 16.3 Å². The molecule has 0 aliphatic carbocycles. The topological polar surface area (TPSA) is 59.4 Å². The van der Waals surface area contributed by atoms with E-state index in [1.54, 1.807) is 13.0 Å². The maximum atomic E-state index is 10.8. The van der Waals surface area contributed by atoms with E-state index in [1.807, 2.05) is 0 Å². The smallest absolute Gasteiger partial charge is 0.335 e. The van der Waals surface area contributed by atoms with Crippen LogP contribution in [0.2, 0.25) is 10.0 Å². The number of aromatic nitrogens is 1. The van der Waals surface area contributed by atoms with Crippen molar-refractivity contribution in [2.45, 2.75) is 6.92 Å². The molecule has 19 heavy (non-hydrogen) atoms. The van der Waals surface area contributed by atoms with Gasteiger partial charge in [-0.05, 0) is 36.8 Å². The largest absolute Gasteiger partial charge is 0.478 e. The Hall–Kier alpha value is -1.78. The fourth-order valence-electron chi connectivity index (χ4n) is 1.48. The molecule has 4 nitrogen and oxygen atoms in total. The summed E-state index contributed by atoms with van der Waals surface area (Å²) >= 11 is 11.7. The molecule has 1 aromatic carbocycles. The van der Waals surface area contributed by atoms with Gasteiger partial charge in [-0.25, -0.2) is 9.78 Å². The van der Waals surface area contributed by atoms with Gasteiger partial charge in [0, 0.05) is 6.20 Å². The summed E-state index contributed by atoms with van der Waals surface area (Å²) in [6.07, 6.45) is 1.42. The Labute approximate surface area is 119 Å². The van der Waals surface area contributed by atoms with Crippen molar-refractivity contribution in [1.29, 1.82) is 0 Å². The highest BCUT2D eigenvalue weighted by Crippen LogP contribution is 2.31. The molecule has 0 aliphatic rings. The summed E-state index contributed by atoms with van der Waals surface area (Å²) < 4.78 is 5.54. The summed E-state index contributed by atoms with van der Waals surface area (Å²) in [5.41, 5.74) is 0.868. The van der Waals surface area contributed by atoms with Crippen LogP contribution in [-0.4, -0.2) is 16.1 Å². The third kappa shape index (κ3) is 3.16. The quantitative estimate of drug-likeness (QED) is 0.923. The van der Waals surface area contributed by atoms with Gasteiger partial charge in [-0.15, -0.1) is 0 Å². The molecule has 1 N–H and O–H groups in total. The molecule has 6 heteroatoms. The molecule has 0 spiro atoms. The van der Waals surface area contributed by atoms with Gasteiger partial charge in [0.2, 0.25) is 5.88 Å². The number of carboxylic acids is 1. The Morgan fingerprint density at radius 3 is 2.63 bits per heavy atom. The van der Waals surface area contributed by atoms with Crippen molar-refractivity contribution in [2.75, 3.05) is 0 Å². The molecule has 0 saturated carbocycles. The van der Waals surface area contributed by atoms with E-state index >= 15 is 0 Å². The highest BCUT2D eigenvalue weighted by atomic mass is 35.5. The van der Waals surface area contributed by atoms with Crippen LogP contribution in [0.5, 0.6) is 11.6 Å². The lowest BCUT2D eigenvalue weighted by atomic mass is 10.1. The van der Waals surface area contributed by atoms with Crippen LogP contribution in [0.4, 0.5) is 0 Å². The lowest BCUT2D eigenvalue weighted by Crippen LogP contribution is -1.98. The molecular formula is C13H9Cl2NO3. The summed E-state index contributed by atoms with van der Waals surface area (Å²) in [7, 11) is 0. The van der Waals surface area contributed by atoms with Gasteiger partial charge >= 0.3 is 5.97 Å². The number of rotatable bonds is 3. The van der Waals surface area contributed by atoms with Gasteiger partial charge < -0.3 is 9.84 Å². The first-order valence-electron chi connectivity index (χ1n) is 5.30. The fourth-order valence-corrected chi connectivity index (χ4v) is 1.90. The molecule has 0 saturated heterocycles. The van der Waals surface area contributed by atoms with Crippen molar-refractivity contribution < 1.29 is 14.6 Å². The first kappa shape index (κ1) is 13.6. The summed E-state index contributed by atoms with van der Waals surface area (Å²) in [4.78, 5) is 14.8. The molecular weight excluding hydrogens is 289 g/mol. The standard InChI is InChI=1S/C13H9Cl2NO3/c1-7-4-8(13(17)18)2-3-11(7)19-12-10(15)5-9(14)6-16-12/h2-6H,1H3,(H,17,18). The molecule has 0 atom stereocenters. The van der Waals surface area contributed by atoms with E-state index in [4.69, 9.17) is 33.0 Å². The zero-order valence-electron chi connectivity index (χ0n) is 9.85. The van der Waals surface area contributed by atoms with Crippen LogP contribution in [-0.2, 0) is 0 Å². The van der Waals surface area contributed by atoms with E-state index in [-0.39, 0.29) is 16.5 Å². The molecule has 0 aliphatic heterocycles. The van der Waals surface area contributed by atoms with Crippen LogP contribution in [0.25, 0.3) is 0 Å². The number of carboxylic acid groups (broad SMARTS) is 1. The second-order valence-corrected chi connectivity index (χ2v) is 4.67. The highest BCUT2D eigenvalue weighted by Gasteiger charge is 2.10. The van der Waals surface area contributed by atoms with Gasteiger partial charge in [0.15, 0.2) is 0 Å². The minimum absolute atomic E-state index is 0.194. The molecule has 98 valence electrons. The number of aromatic carboxylic acids is 1. The Balaban J connectivity index is 2.31. The number of hydrogen-bond donors (Lipinski definition) is 1. The number of carbonyl (C=O) groups is 1. The molecule has 2 aromatic rings. The van der Waals surface area contributed by atoms with Crippen molar-refractivity contribution in [3.05, 3.63) is 51.6 Å². The van der Waals surface area contributed by atoms with E-state index in [0.717, 1.165) is 0 Å². The van der Waals surface area contributed by atoms with Crippen LogP contribution >= 0.6 is 23.2 Å². The normalized spacial score (nSPS) is 10.3. The third-order valence-corrected chi connectivity index (χ3v) is 2.88. The number of halogens is 2. The third-order valence-electron chi connectivity index (χ3n) is 2.40. The van der Waals surface area contributed by atoms with Crippen molar-refractivity contribution in [3.8, 4) is 11.6 Å². The van der Waals surface area contributed by atoms with E-state index in [2.05, 4.69) is 4.98 Å². The van der Waals surface area contributed by atoms with Gasteiger partial charge in [-0.3, -0.25) is 0 Å². The second-order valence-electron chi connectivity index (χ2n) is 3.83. The SMILES string of the molecule is Cc1cc(C(=O)O)ccc1Oc1ncc(Cl)cc1Cl. The van der Waals surface area contributed by atoms with Crippen LogP contribution in [0, 0.1) is 6.92 Å². The van der Waals surface area contributed by atoms with Gasteiger partial charge in [-0.2, -0.15) is 0 Å². The lowest BCUT2D eigenvalue weighted by molar-refractivity contribution is 0.0697. The van der Waals surface area contributed by atoms with Gasteiger partial charge in [0.05, 0.1) is 10.6 Å². The number of benzene rings is 1. The number of pyridine rings is 1. The molecule has 0 bridgehead atoms. The second kappa shape index (κ2) is 5.47. The van der Waals surface area contributed by atoms with Crippen molar-refractivity contribution in [2.24, 2.45) is 0 Å². The molecule has 1 aromatic heterocycles. The zero-order valence-corrected chi connectivity index (χ0v) is 11.4. The maximum absolute atomic E-state index is 10.8. The van der Waals surface area contributed by atoms with Crippen molar-refractivity contribution in [1.82, 2.24) is 4.98 Å². The summed E-state index contributed by atoms with van der Waals surface area (Å²) in [6, 6.07) is 6.05. The zero-order chi connectivity index (χ0) is 14.0. The minimum Gasteiger partial charge on any atom is -0.478 e. The highest BCUT2D eigenvalue weighted by molar-refractivity contribution is 6.35. The van der Waals surface area contributed by atoms with Gasteiger partial charge in [0.25, 0.3) is 0 Å². The Morgan fingerprint density at radius 2 is 2.05 bits per heavy atom. The number of ether oxygens (including phenoxy) is 1. The summed E-state index contributed by atoms with van der Waals surface area (Å²) in [5, 5.41) is 9.57. The first-order valence-corrected chi connectivity index (χ1v) is 6.06. The maximum Gasteiger partial charge on any atom is 0.335 e. The van der Waals surface area contributed by atoms with E-state index < -0.39 is 5.97 Å². The molecule has 0 fully saturated rings. The lowest BCUT2D eigenvalue weighted by Gasteiger charge is -2.09. The van der Waals surface area contributed by atoms with Crippen molar-refractivity contribution in [3.63, 3.8) is 0 Å². The van der Waals surface area contributed by atoms with Crippen LogP contribution < -0.4 is 4.74 Å². The molecule has 1 heterocycles. The van der Waals surface area contributed by atoms with Crippen LogP contribution in [0.15, 0.2) is 30.5 Å². The number of nitrogens with zero attached hydrogens (tertiary/aromatic N) is 1. The first-order chi connectivity index (χ1) is 8.97. The number of aryl methyl sites for hydroxylation is 1.